The number of aliphatic carboxylic acids is 1. The summed E-state index contributed by atoms with van der Waals surface area (Å²) in [4.78, 5) is 133. The molecule has 0 spiro atoms. The number of likely N-dealkylation sites (tertiary alicyclic amines) is 2. The number of carboxylic acids is 1. The van der Waals surface area contributed by atoms with E-state index in [4.69, 9.17) is 10.8 Å². The van der Waals surface area contributed by atoms with Crippen molar-refractivity contribution < 1.29 is 58.2 Å². The number of amides is 9. The van der Waals surface area contributed by atoms with Crippen LogP contribution in [0.15, 0.2) is 54.6 Å². The van der Waals surface area contributed by atoms with E-state index < -0.39 is 122 Å². The fourth-order valence-electron chi connectivity index (χ4n) is 7.77. The Labute approximate surface area is 394 Å². The Hall–Kier alpha value is -7.10. The average molecular weight is 949 g/mol. The molecule has 0 radical (unpaired) electrons. The number of phenols is 1. The van der Waals surface area contributed by atoms with Crippen molar-refractivity contribution in [2.75, 3.05) is 39.3 Å². The highest BCUT2D eigenvalue weighted by Crippen LogP contribution is 2.22. The SMILES string of the molecule is CC(C)[C@H](N)C(=O)N1CCC[C@H]1C(=O)NCC(=O)N[C@@H](Cc1ccc(O)cc1)C(=O)NCC(=O)N[C@H](C(=O)N1CCC[C@H]1C(=O)NCC(=O)N[C@@H](Cc1ccccc1)C(=O)NCC(=O)O)C(C)C. The Morgan fingerprint density at radius 1 is 0.588 bits per heavy atom. The zero-order valence-electron chi connectivity index (χ0n) is 38.7. The number of nitrogens with one attached hydrogen (secondary N) is 7. The van der Waals surface area contributed by atoms with E-state index in [-0.39, 0.29) is 43.4 Å². The Morgan fingerprint density at radius 2 is 1.03 bits per heavy atom. The number of hydrogen-bond donors (Lipinski definition) is 10. The monoisotopic (exact) mass is 948 g/mol. The highest BCUT2D eigenvalue weighted by molar-refractivity contribution is 5.97. The number of phenolic OH excluding ortho intramolecular Hbond substituents is 1. The predicted molar refractivity (Wildman–Crippen MR) is 245 cm³/mol. The standard InChI is InChI=1S/C46H64N10O12/c1-26(2)39(47)45(67)55-18-8-12-33(55)43(65)49-22-36(59)53-32(21-29-14-16-30(57)17-15-29)41(63)48-24-37(60)54-40(27(3)4)46(68)56-19-9-13-34(56)44(66)50-23-35(58)52-31(42(64)51-25-38(61)62)20-28-10-6-5-7-11-28/h5-7,10-11,14-17,26-27,31-34,39-40,57H,8-9,12-13,18-25,47H2,1-4H3,(H,48,63)(H,49,65)(H,50,66)(H,51,64)(H,52,58)(H,53,59)(H,54,60)(H,61,62)/t31-,32-,33-,34-,39-,40-/m0/s1. The first kappa shape index (κ1) is 53.5. The summed E-state index contributed by atoms with van der Waals surface area (Å²) in [5.41, 5.74) is 7.28. The summed E-state index contributed by atoms with van der Waals surface area (Å²) in [6.45, 7) is 5.11. The van der Waals surface area contributed by atoms with Gasteiger partial charge in [-0.05, 0) is 60.8 Å². The van der Waals surface area contributed by atoms with Crippen molar-refractivity contribution in [3.05, 3.63) is 65.7 Å². The van der Waals surface area contributed by atoms with E-state index in [2.05, 4.69) is 37.2 Å². The third-order valence-electron chi connectivity index (χ3n) is 11.6. The van der Waals surface area contributed by atoms with Crippen LogP contribution in [0.1, 0.15) is 64.5 Å². The maximum absolute atomic E-state index is 13.9. The van der Waals surface area contributed by atoms with Gasteiger partial charge >= 0.3 is 5.97 Å². The normalized spacial score (nSPS) is 17.3. The molecule has 68 heavy (non-hydrogen) atoms. The summed E-state index contributed by atoms with van der Waals surface area (Å²) in [6, 6.07) is 8.42. The minimum absolute atomic E-state index is 0.0302. The van der Waals surface area contributed by atoms with Crippen molar-refractivity contribution >= 4 is 59.1 Å². The van der Waals surface area contributed by atoms with E-state index in [1.807, 2.05) is 0 Å². The topological polar surface area (TPSA) is 328 Å². The molecule has 4 rings (SSSR count). The molecule has 2 aromatic rings. The van der Waals surface area contributed by atoms with Gasteiger partial charge in [0, 0.05) is 25.9 Å². The van der Waals surface area contributed by atoms with E-state index in [9.17, 15) is 53.1 Å². The van der Waals surface area contributed by atoms with Gasteiger partial charge in [-0.3, -0.25) is 47.9 Å². The minimum Gasteiger partial charge on any atom is -0.508 e. The molecule has 0 unspecified atom stereocenters. The molecular formula is C46H64N10O12. The number of carboxylic acid groups (broad SMARTS) is 1. The number of rotatable bonds is 23. The van der Waals surface area contributed by atoms with Crippen molar-refractivity contribution in [3.63, 3.8) is 0 Å². The second-order valence-corrected chi connectivity index (χ2v) is 17.5. The largest absolute Gasteiger partial charge is 0.508 e. The smallest absolute Gasteiger partial charge is 0.322 e. The Balaban J connectivity index is 1.33. The number of carbonyl (C=O) groups is 10. The van der Waals surface area contributed by atoms with E-state index in [0.29, 0.717) is 36.9 Å². The second kappa shape index (κ2) is 25.7. The summed E-state index contributed by atoms with van der Waals surface area (Å²) < 4.78 is 0. The number of nitrogens with zero attached hydrogens (tertiary/aromatic N) is 2. The summed E-state index contributed by atoms with van der Waals surface area (Å²) in [7, 11) is 0. The fourth-order valence-corrected chi connectivity index (χ4v) is 7.77. The van der Waals surface area contributed by atoms with Gasteiger partial charge in [0.1, 0.15) is 42.5 Å². The van der Waals surface area contributed by atoms with Crippen molar-refractivity contribution in [2.24, 2.45) is 17.6 Å². The zero-order valence-corrected chi connectivity index (χ0v) is 38.7. The number of carbonyl (C=O) groups excluding carboxylic acids is 9. The van der Waals surface area contributed by atoms with Crippen LogP contribution >= 0.6 is 0 Å². The summed E-state index contributed by atoms with van der Waals surface area (Å²) in [6.07, 6.45) is 1.63. The maximum atomic E-state index is 13.9. The zero-order chi connectivity index (χ0) is 50.1. The van der Waals surface area contributed by atoms with Crippen LogP contribution < -0.4 is 43.0 Å². The van der Waals surface area contributed by atoms with Gasteiger partial charge in [-0.25, -0.2) is 0 Å². The first-order chi connectivity index (χ1) is 32.2. The van der Waals surface area contributed by atoms with Gasteiger partial charge in [-0.15, -0.1) is 0 Å². The van der Waals surface area contributed by atoms with Crippen LogP contribution in [0.2, 0.25) is 0 Å². The molecule has 2 saturated heterocycles. The highest BCUT2D eigenvalue weighted by atomic mass is 16.4. The van der Waals surface area contributed by atoms with Gasteiger partial charge in [-0.2, -0.15) is 0 Å². The number of benzene rings is 2. The molecule has 9 amide bonds. The maximum Gasteiger partial charge on any atom is 0.322 e. The molecule has 0 saturated carbocycles. The molecule has 2 heterocycles. The number of nitrogens with two attached hydrogens (primary N) is 1. The van der Waals surface area contributed by atoms with Gasteiger partial charge in [0.15, 0.2) is 0 Å². The van der Waals surface area contributed by atoms with Crippen molar-refractivity contribution in [2.45, 2.75) is 102 Å². The van der Waals surface area contributed by atoms with Gasteiger partial charge in [0.25, 0.3) is 0 Å². The third kappa shape index (κ3) is 16.1. The van der Waals surface area contributed by atoms with Crippen molar-refractivity contribution in [1.82, 2.24) is 47.0 Å². The molecule has 370 valence electrons. The molecule has 6 atom stereocenters. The quantitative estimate of drug-likeness (QED) is 0.0567. The third-order valence-corrected chi connectivity index (χ3v) is 11.6. The minimum atomic E-state index is -1.27. The summed E-state index contributed by atoms with van der Waals surface area (Å²) in [5, 5.41) is 36.3. The summed E-state index contributed by atoms with van der Waals surface area (Å²) >= 11 is 0. The molecule has 0 aromatic heterocycles. The molecule has 22 nitrogen and oxygen atoms in total. The fraction of sp³-hybridized carbons (Fsp3) is 0.522. The van der Waals surface area contributed by atoms with E-state index in [0.717, 1.165) is 0 Å². The second-order valence-electron chi connectivity index (χ2n) is 17.5. The first-order valence-electron chi connectivity index (χ1n) is 22.6. The van der Waals surface area contributed by atoms with E-state index in [1.165, 1.54) is 21.9 Å². The molecule has 2 aliphatic heterocycles. The first-order valence-corrected chi connectivity index (χ1v) is 22.6. The lowest BCUT2D eigenvalue weighted by atomic mass is 10.0. The molecule has 11 N–H and O–H groups in total. The molecule has 2 fully saturated rings. The molecule has 0 aliphatic carbocycles. The molecule has 2 aromatic carbocycles. The van der Waals surface area contributed by atoms with E-state index in [1.54, 1.807) is 70.2 Å². The number of aromatic hydroxyl groups is 1. The van der Waals surface area contributed by atoms with Gasteiger partial charge in [0.05, 0.1) is 25.7 Å². The van der Waals surface area contributed by atoms with Crippen LogP contribution in [0.4, 0.5) is 0 Å². The Kier molecular flexibility index (Phi) is 20.2. The lowest BCUT2D eigenvalue weighted by Crippen LogP contribution is -2.57. The molecule has 0 bridgehead atoms. The van der Waals surface area contributed by atoms with Gasteiger partial charge < -0.3 is 63.0 Å². The van der Waals surface area contributed by atoms with Crippen LogP contribution in [-0.4, -0.2) is 155 Å². The Bertz CT molecular complexity index is 2140. The van der Waals surface area contributed by atoms with Crippen molar-refractivity contribution in [1.29, 1.82) is 0 Å². The predicted octanol–water partition coefficient (Wildman–Crippen LogP) is -2.20. The van der Waals surface area contributed by atoms with Crippen LogP contribution in [0.25, 0.3) is 0 Å². The van der Waals surface area contributed by atoms with Gasteiger partial charge in [-0.1, -0.05) is 70.2 Å². The van der Waals surface area contributed by atoms with Crippen LogP contribution in [0, 0.1) is 11.8 Å². The molecular weight excluding hydrogens is 885 g/mol. The lowest BCUT2D eigenvalue weighted by Gasteiger charge is -2.30. The average Bonchev–Trinajstić information content (AvgIpc) is 4.01. The van der Waals surface area contributed by atoms with E-state index >= 15 is 0 Å². The number of hydrogen-bond acceptors (Lipinski definition) is 12. The summed E-state index contributed by atoms with van der Waals surface area (Å²) in [5.74, 6) is -7.81. The highest BCUT2D eigenvalue weighted by Gasteiger charge is 2.40. The lowest BCUT2D eigenvalue weighted by molar-refractivity contribution is -0.142. The van der Waals surface area contributed by atoms with Crippen molar-refractivity contribution in [3.8, 4) is 5.75 Å². The van der Waals surface area contributed by atoms with Crippen LogP contribution in [0.5, 0.6) is 5.75 Å². The van der Waals surface area contributed by atoms with Crippen LogP contribution in [-0.2, 0) is 60.8 Å². The molecule has 2 aliphatic rings. The van der Waals surface area contributed by atoms with Gasteiger partial charge in [0.2, 0.25) is 53.2 Å². The molecule has 22 heteroatoms. The van der Waals surface area contributed by atoms with Crippen LogP contribution in [0.3, 0.4) is 0 Å². The Morgan fingerprint density at radius 3 is 1.50 bits per heavy atom.